The van der Waals surface area contributed by atoms with Crippen molar-refractivity contribution in [2.75, 3.05) is 17.2 Å². The van der Waals surface area contributed by atoms with Crippen LogP contribution < -0.4 is 15.4 Å². The summed E-state index contributed by atoms with van der Waals surface area (Å²) in [6.07, 6.45) is 1.44. The molecule has 0 fully saturated rings. The van der Waals surface area contributed by atoms with E-state index in [4.69, 9.17) is 16.3 Å². The lowest BCUT2D eigenvalue weighted by atomic mass is 9.99. The highest BCUT2D eigenvalue weighted by molar-refractivity contribution is 6.33. The summed E-state index contributed by atoms with van der Waals surface area (Å²) >= 11 is 6.12. The van der Waals surface area contributed by atoms with Crippen LogP contribution in [0.4, 0.5) is 11.4 Å². The van der Waals surface area contributed by atoms with Crippen molar-refractivity contribution in [2.24, 2.45) is 0 Å². The van der Waals surface area contributed by atoms with Crippen LogP contribution in [0.25, 0.3) is 0 Å². The molecule has 0 bridgehead atoms. The molecule has 0 radical (unpaired) electrons. The minimum Gasteiger partial charge on any atom is -0.484 e. The van der Waals surface area contributed by atoms with E-state index in [2.05, 4.69) is 24.5 Å². The molecule has 0 aliphatic rings. The van der Waals surface area contributed by atoms with Gasteiger partial charge < -0.3 is 15.4 Å². The van der Waals surface area contributed by atoms with Crippen molar-refractivity contribution in [3.63, 3.8) is 0 Å². The number of hydrogen-bond acceptors (Lipinski definition) is 3. The van der Waals surface area contributed by atoms with Crippen LogP contribution in [-0.4, -0.2) is 18.4 Å². The Balaban J connectivity index is 1.93. The zero-order valence-corrected chi connectivity index (χ0v) is 16.6. The highest BCUT2D eigenvalue weighted by Crippen LogP contribution is 2.26. The Morgan fingerprint density at radius 1 is 1.04 bits per heavy atom. The third-order valence-electron chi connectivity index (χ3n) is 4.28. The summed E-state index contributed by atoms with van der Waals surface area (Å²) < 4.78 is 5.54. The molecular weight excluding hydrogens is 364 g/mol. The average Bonchev–Trinajstić information content (AvgIpc) is 2.68. The van der Waals surface area contributed by atoms with Gasteiger partial charge in [-0.25, -0.2) is 0 Å². The van der Waals surface area contributed by atoms with Crippen LogP contribution in [0, 0.1) is 0 Å². The first kappa shape index (κ1) is 20.8. The molecule has 1 atom stereocenters. The van der Waals surface area contributed by atoms with Crippen LogP contribution in [0.2, 0.25) is 5.02 Å². The molecule has 2 N–H and O–H groups in total. The highest BCUT2D eigenvalue weighted by Gasteiger charge is 2.09. The minimum atomic E-state index is -0.332. The van der Waals surface area contributed by atoms with Gasteiger partial charge in [0.2, 0.25) is 5.91 Å². The van der Waals surface area contributed by atoms with E-state index < -0.39 is 0 Å². The quantitative estimate of drug-likeness (QED) is 0.651. The molecule has 0 aromatic heterocycles. The molecule has 144 valence electrons. The van der Waals surface area contributed by atoms with E-state index in [1.807, 2.05) is 24.3 Å². The topological polar surface area (TPSA) is 67.4 Å². The number of rotatable bonds is 8. The zero-order valence-electron chi connectivity index (χ0n) is 15.8. The smallest absolute Gasteiger partial charge is 0.262 e. The molecule has 2 amide bonds. The van der Waals surface area contributed by atoms with Crippen molar-refractivity contribution < 1.29 is 14.3 Å². The second kappa shape index (κ2) is 9.97. The molecule has 5 nitrogen and oxygen atoms in total. The molecule has 0 saturated heterocycles. The Labute approximate surface area is 165 Å². The van der Waals surface area contributed by atoms with Gasteiger partial charge in [0.05, 0.1) is 10.7 Å². The SMILES string of the molecule is CCC(=O)Nc1ccc(Cl)c(NC(=O)COc2ccc([C@@H](C)CC)cc2)c1. The molecule has 2 aromatic rings. The van der Waals surface area contributed by atoms with Crippen molar-refractivity contribution in [3.05, 3.63) is 53.1 Å². The van der Waals surface area contributed by atoms with Crippen molar-refractivity contribution in [2.45, 2.75) is 39.5 Å². The first-order valence-corrected chi connectivity index (χ1v) is 9.42. The maximum atomic E-state index is 12.2. The summed E-state index contributed by atoms with van der Waals surface area (Å²) in [7, 11) is 0. The average molecular weight is 389 g/mol. The fraction of sp³-hybridized carbons (Fsp3) is 0.333. The van der Waals surface area contributed by atoms with Crippen molar-refractivity contribution in [1.82, 2.24) is 0 Å². The summed E-state index contributed by atoms with van der Waals surface area (Å²) in [6.45, 7) is 5.95. The second-order valence-electron chi connectivity index (χ2n) is 6.31. The number of amides is 2. The van der Waals surface area contributed by atoms with E-state index in [0.29, 0.717) is 34.5 Å². The number of carbonyl (C=O) groups is 2. The predicted molar refractivity (Wildman–Crippen MR) is 110 cm³/mol. The largest absolute Gasteiger partial charge is 0.484 e. The van der Waals surface area contributed by atoms with E-state index in [9.17, 15) is 9.59 Å². The lowest BCUT2D eigenvalue weighted by molar-refractivity contribution is -0.118. The van der Waals surface area contributed by atoms with Gasteiger partial charge in [-0.05, 0) is 48.2 Å². The lowest BCUT2D eigenvalue weighted by Crippen LogP contribution is -2.20. The molecule has 0 aliphatic carbocycles. The molecular formula is C21H25ClN2O3. The number of halogens is 1. The Kier molecular flexibility index (Phi) is 7.67. The molecule has 0 aliphatic heterocycles. The van der Waals surface area contributed by atoms with E-state index in [0.717, 1.165) is 6.42 Å². The molecule has 27 heavy (non-hydrogen) atoms. The number of hydrogen-bond donors (Lipinski definition) is 2. The van der Waals surface area contributed by atoms with Gasteiger partial charge in [-0.1, -0.05) is 44.5 Å². The maximum absolute atomic E-state index is 12.2. The molecule has 0 saturated carbocycles. The summed E-state index contributed by atoms with van der Waals surface area (Å²) in [6, 6.07) is 12.7. The molecule has 0 heterocycles. The Bertz CT molecular complexity index is 791. The zero-order chi connectivity index (χ0) is 19.8. The van der Waals surface area contributed by atoms with Gasteiger partial charge in [-0.15, -0.1) is 0 Å². The number of nitrogens with one attached hydrogen (secondary N) is 2. The summed E-state index contributed by atoms with van der Waals surface area (Å²) in [5, 5.41) is 5.82. The van der Waals surface area contributed by atoms with E-state index >= 15 is 0 Å². The standard InChI is InChI=1S/C21H25ClN2O3/c1-4-14(3)15-6-9-17(10-7-15)27-13-21(26)24-19-12-16(8-11-18(19)22)23-20(25)5-2/h6-12,14H,4-5,13H2,1-3H3,(H,23,25)(H,24,26)/t14-/m0/s1. The molecule has 0 spiro atoms. The molecule has 0 unspecified atom stereocenters. The Morgan fingerprint density at radius 3 is 2.37 bits per heavy atom. The highest BCUT2D eigenvalue weighted by atomic mass is 35.5. The lowest BCUT2D eigenvalue weighted by Gasteiger charge is -2.12. The van der Waals surface area contributed by atoms with Gasteiger partial charge in [-0.3, -0.25) is 9.59 Å². The molecule has 6 heteroatoms. The summed E-state index contributed by atoms with van der Waals surface area (Å²) in [5.41, 5.74) is 2.24. The normalized spacial score (nSPS) is 11.6. The van der Waals surface area contributed by atoms with Crippen molar-refractivity contribution in [1.29, 1.82) is 0 Å². The molecule has 2 rings (SSSR count). The van der Waals surface area contributed by atoms with Crippen LogP contribution in [0.5, 0.6) is 5.75 Å². The first-order valence-electron chi connectivity index (χ1n) is 9.05. The van der Waals surface area contributed by atoms with Crippen LogP contribution in [0.15, 0.2) is 42.5 Å². The van der Waals surface area contributed by atoms with Gasteiger partial charge in [-0.2, -0.15) is 0 Å². The van der Waals surface area contributed by atoms with Gasteiger partial charge in [0, 0.05) is 12.1 Å². The predicted octanol–water partition coefficient (Wildman–Crippen LogP) is 5.22. The van der Waals surface area contributed by atoms with Crippen molar-refractivity contribution in [3.8, 4) is 5.75 Å². The Morgan fingerprint density at radius 2 is 1.74 bits per heavy atom. The number of carbonyl (C=O) groups excluding carboxylic acids is 2. The van der Waals surface area contributed by atoms with E-state index in [1.165, 1.54) is 5.56 Å². The van der Waals surface area contributed by atoms with Crippen LogP contribution in [-0.2, 0) is 9.59 Å². The van der Waals surface area contributed by atoms with E-state index in [-0.39, 0.29) is 18.4 Å². The fourth-order valence-electron chi connectivity index (χ4n) is 2.41. The van der Waals surface area contributed by atoms with Crippen LogP contribution >= 0.6 is 11.6 Å². The number of benzene rings is 2. The molecule has 2 aromatic carbocycles. The summed E-state index contributed by atoms with van der Waals surface area (Å²) in [4.78, 5) is 23.7. The number of ether oxygens (including phenoxy) is 1. The Hall–Kier alpha value is -2.53. The van der Waals surface area contributed by atoms with Crippen molar-refractivity contribution >= 4 is 34.8 Å². The van der Waals surface area contributed by atoms with Gasteiger partial charge in [0.15, 0.2) is 6.61 Å². The maximum Gasteiger partial charge on any atom is 0.262 e. The third-order valence-corrected chi connectivity index (χ3v) is 4.61. The monoisotopic (exact) mass is 388 g/mol. The minimum absolute atomic E-state index is 0.112. The third kappa shape index (κ3) is 6.29. The van der Waals surface area contributed by atoms with Crippen LogP contribution in [0.1, 0.15) is 45.1 Å². The van der Waals surface area contributed by atoms with E-state index in [1.54, 1.807) is 25.1 Å². The van der Waals surface area contributed by atoms with Gasteiger partial charge in [0.1, 0.15) is 5.75 Å². The van der Waals surface area contributed by atoms with Gasteiger partial charge >= 0.3 is 0 Å². The van der Waals surface area contributed by atoms with Gasteiger partial charge in [0.25, 0.3) is 5.91 Å². The fourth-order valence-corrected chi connectivity index (χ4v) is 2.58. The van der Waals surface area contributed by atoms with Crippen LogP contribution in [0.3, 0.4) is 0 Å². The second-order valence-corrected chi connectivity index (χ2v) is 6.72. The summed E-state index contributed by atoms with van der Waals surface area (Å²) in [5.74, 6) is 0.679. The number of anilines is 2. The first-order chi connectivity index (χ1) is 12.9.